The van der Waals surface area contributed by atoms with Gasteiger partial charge in [0.2, 0.25) is 0 Å². The van der Waals surface area contributed by atoms with Crippen LogP contribution in [0.15, 0.2) is 16.8 Å². The summed E-state index contributed by atoms with van der Waals surface area (Å²) in [5, 5.41) is 11.3. The zero-order valence-electron chi connectivity index (χ0n) is 7.12. The SMILES string of the molecule is C[N+]1(C)CCC=C(C=NO)C1. The van der Waals surface area contributed by atoms with Crippen LogP contribution in [0.2, 0.25) is 0 Å². The molecule has 1 aliphatic rings. The van der Waals surface area contributed by atoms with Crippen LogP contribution in [0, 0.1) is 0 Å². The summed E-state index contributed by atoms with van der Waals surface area (Å²) in [6, 6.07) is 0. The van der Waals surface area contributed by atoms with Gasteiger partial charge in [-0.15, -0.1) is 0 Å². The van der Waals surface area contributed by atoms with E-state index in [1.165, 1.54) is 12.8 Å². The molecule has 0 spiro atoms. The van der Waals surface area contributed by atoms with E-state index in [2.05, 4.69) is 25.3 Å². The lowest BCUT2D eigenvalue weighted by Crippen LogP contribution is -2.44. The van der Waals surface area contributed by atoms with E-state index in [0.717, 1.165) is 23.0 Å². The second-order valence-corrected chi connectivity index (χ2v) is 3.63. The molecule has 0 fully saturated rings. The van der Waals surface area contributed by atoms with Gasteiger partial charge in [-0.3, -0.25) is 0 Å². The molecular formula is C8H15N2O+. The molecule has 1 heterocycles. The standard InChI is InChI=1S/C8H14N2O/c1-10(2)5-3-4-8(7-10)6-9-11/h4,6H,3,5,7H2,1-2H3/p+1. The fourth-order valence-electron chi connectivity index (χ4n) is 1.40. The Morgan fingerprint density at radius 3 is 2.91 bits per heavy atom. The van der Waals surface area contributed by atoms with Crippen LogP contribution in [-0.2, 0) is 0 Å². The van der Waals surface area contributed by atoms with Crippen LogP contribution in [0.1, 0.15) is 6.42 Å². The smallest absolute Gasteiger partial charge is 0.105 e. The van der Waals surface area contributed by atoms with Crippen LogP contribution in [0.3, 0.4) is 0 Å². The average Bonchev–Trinajstić information content (AvgIpc) is 1.85. The van der Waals surface area contributed by atoms with Gasteiger partial charge in [-0.1, -0.05) is 11.2 Å². The summed E-state index contributed by atoms with van der Waals surface area (Å²) >= 11 is 0. The van der Waals surface area contributed by atoms with Crippen molar-refractivity contribution in [2.75, 3.05) is 27.2 Å². The van der Waals surface area contributed by atoms with Crippen LogP contribution in [0.4, 0.5) is 0 Å². The molecule has 62 valence electrons. The number of quaternary nitrogens is 1. The highest BCUT2D eigenvalue weighted by Gasteiger charge is 2.19. The lowest BCUT2D eigenvalue weighted by Gasteiger charge is -2.32. The Morgan fingerprint density at radius 1 is 1.64 bits per heavy atom. The van der Waals surface area contributed by atoms with E-state index in [9.17, 15) is 0 Å². The molecule has 3 nitrogen and oxygen atoms in total. The van der Waals surface area contributed by atoms with Gasteiger partial charge in [0.25, 0.3) is 0 Å². The topological polar surface area (TPSA) is 32.6 Å². The number of nitrogens with zero attached hydrogens (tertiary/aromatic N) is 2. The van der Waals surface area contributed by atoms with Gasteiger partial charge in [0, 0.05) is 12.0 Å². The van der Waals surface area contributed by atoms with Crippen molar-refractivity contribution < 1.29 is 9.69 Å². The van der Waals surface area contributed by atoms with Crippen LogP contribution in [-0.4, -0.2) is 43.1 Å². The molecule has 1 N–H and O–H groups in total. The lowest BCUT2D eigenvalue weighted by atomic mass is 10.1. The third kappa shape index (κ3) is 2.35. The van der Waals surface area contributed by atoms with Gasteiger partial charge < -0.3 is 9.69 Å². The maximum absolute atomic E-state index is 8.31. The van der Waals surface area contributed by atoms with Gasteiger partial charge in [-0.05, 0) is 0 Å². The van der Waals surface area contributed by atoms with Crippen molar-refractivity contribution in [2.24, 2.45) is 5.16 Å². The Hall–Kier alpha value is -0.830. The van der Waals surface area contributed by atoms with Crippen LogP contribution in [0.5, 0.6) is 0 Å². The maximum atomic E-state index is 8.31. The molecule has 0 aromatic heterocycles. The minimum atomic E-state index is 0.962. The average molecular weight is 155 g/mol. The molecule has 0 saturated carbocycles. The summed E-state index contributed by atoms with van der Waals surface area (Å²) in [7, 11) is 4.36. The highest BCUT2D eigenvalue weighted by atomic mass is 16.4. The lowest BCUT2D eigenvalue weighted by molar-refractivity contribution is -0.886. The van der Waals surface area contributed by atoms with E-state index in [0.29, 0.717) is 0 Å². The summed E-state index contributed by atoms with van der Waals surface area (Å²) < 4.78 is 0.984. The second-order valence-electron chi connectivity index (χ2n) is 3.63. The summed E-state index contributed by atoms with van der Waals surface area (Å²) in [5.74, 6) is 0. The van der Waals surface area contributed by atoms with Crippen molar-refractivity contribution in [3.05, 3.63) is 11.6 Å². The van der Waals surface area contributed by atoms with E-state index in [-0.39, 0.29) is 0 Å². The van der Waals surface area contributed by atoms with Crippen molar-refractivity contribution in [1.82, 2.24) is 0 Å². The Labute approximate surface area is 67.2 Å². The second kappa shape index (κ2) is 3.05. The van der Waals surface area contributed by atoms with Gasteiger partial charge in [0.15, 0.2) is 0 Å². The Bertz CT molecular complexity index is 194. The number of oxime groups is 1. The number of hydrogen-bond acceptors (Lipinski definition) is 2. The van der Waals surface area contributed by atoms with Crippen molar-refractivity contribution >= 4 is 6.21 Å². The molecule has 0 saturated heterocycles. The molecule has 1 rings (SSSR count). The highest BCUT2D eigenvalue weighted by molar-refractivity contribution is 5.78. The molecule has 0 aromatic carbocycles. The monoisotopic (exact) mass is 155 g/mol. The summed E-state index contributed by atoms with van der Waals surface area (Å²) in [5.41, 5.74) is 1.13. The van der Waals surface area contributed by atoms with Crippen molar-refractivity contribution in [2.45, 2.75) is 6.42 Å². The van der Waals surface area contributed by atoms with Gasteiger partial charge in [0.05, 0.1) is 26.9 Å². The van der Waals surface area contributed by atoms with Crippen molar-refractivity contribution in [1.29, 1.82) is 0 Å². The molecular weight excluding hydrogens is 140 g/mol. The predicted molar refractivity (Wildman–Crippen MR) is 44.8 cm³/mol. The predicted octanol–water partition coefficient (Wildman–Crippen LogP) is 0.853. The first-order valence-corrected chi connectivity index (χ1v) is 3.82. The fourth-order valence-corrected chi connectivity index (χ4v) is 1.40. The summed E-state index contributed by atoms with van der Waals surface area (Å²) in [6.45, 7) is 2.13. The van der Waals surface area contributed by atoms with Crippen LogP contribution < -0.4 is 0 Å². The largest absolute Gasteiger partial charge is 0.411 e. The molecule has 0 atom stereocenters. The molecule has 0 radical (unpaired) electrons. The molecule has 0 amide bonds. The number of likely N-dealkylation sites (N-methyl/N-ethyl adjacent to an activating group) is 1. The van der Waals surface area contributed by atoms with Crippen LogP contribution in [0.25, 0.3) is 0 Å². The van der Waals surface area contributed by atoms with Gasteiger partial charge >= 0.3 is 0 Å². The third-order valence-corrected chi connectivity index (χ3v) is 1.98. The summed E-state index contributed by atoms with van der Waals surface area (Å²) in [6.07, 6.45) is 4.73. The van der Waals surface area contributed by atoms with Crippen molar-refractivity contribution in [3.8, 4) is 0 Å². The normalized spacial score (nSPS) is 23.6. The molecule has 0 unspecified atom stereocenters. The van der Waals surface area contributed by atoms with Gasteiger partial charge in [-0.2, -0.15) is 0 Å². The first-order chi connectivity index (χ1) is 5.14. The van der Waals surface area contributed by atoms with E-state index in [1.807, 2.05) is 0 Å². The first kappa shape index (κ1) is 8.27. The van der Waals surface area contributed by atoms with E-state index in [4.69, 9.17) is 5.21 Å². The molecule has 0 aliphatic carbocycles. The number of rotatable bonds is 1. The third-order valence-electron chi connectivity index (χ3n) is 1.98. The quantitative estimate of drug-likeness (QED) is 0.259. The minimum Gasteiger partial charge on any atom is -0.411 e. The number of hydrogen-bond donors (Lipinski definition) is 1. The fraction of sp³-hybridized carbons (Fsp3) is 0.625. The molecule has 11 heavy (non-hydrogen) atoms. The first-order valence-electron chi connectivity index (χ1n) is 3.82. The molecule has 0 aromatic rings. The zero-order valence-corrected chi connectivity index (χ0v) is 7.12. The van der Waals surface area contributed by atoms with Gasteiger partial charge in [0.1, 0.15) is 6.54 Å². The summed E-state index contributed by atoms with van der Waals surface area (Å²) in [4.78, 5) is 0. The van der Waals surface area contributed by atoms with E-state index in [1.54, 1.807) is 0 Å². The van der Waals surface area contributed by atoms with Crippen LogP contribution >= 0.6 is 0 Å². The van der Waals surface area contributed by atoms with E-state index < -0.39 is 0 Å². The highest BCUT2D eigenvalue weighted by Crippen LogP contribution is 2.11. The zero-order chi connectivity index (χ0) is 8.32. The maximum Gasteiger partial charge on any atom is 0.105 e. The minimum absolute atomic E-state index is 0.962. The Morgan fingerprint density at radius 2 is 2.36 bits per heavy atom. The van der Waals surface area contributed by atoms with Crippen molar-refractivity contribution in [3.63, 3.8) is 0 Å². The van der Waals surface area contributed by atoms with Gasteiger partial charge in [-0.25, -0.2) is 0 Å². The molecule has 1 aliphatic heterocycles. The molecule has 3 heteroatoms. The molecule has 0 bridgehead atoms. The Kier molecular flexibility index (Phi) is 2.29. The Balaban J connectivity index is 2.63. The van der Waals surface area contributed by atoms with E-state index >= 15 is 0 Å².